The number of aryl methyl sites for hydroxylation is 1. The van der Waals surface area contributed by atoms with Gasteiger partial charge in [-0.1, -0.05) is 11.6 Å². The highest BCUT2D eigenvalue weighted by atomic mass is 35.5. The van der Waals surface area contributed by atoms with Gasteiger partial charge in [-0.15, -0.1) is 11.8 Å². The molecule has 0 aliphatic carbocycles. The molecule has 0 bridgehead atoms. The van der Waals surface area contributed by atoms with E-state index in [0.717, 1.165) is 30.0 Å². The number of fused-ring (bicyclic) bond motifs is 2. The number of aromatic nitrogens is 3. The van der Waals surface area contributed by atoms with Crippen LogP contribution in [0.3, 0.4) is 0 Å². The molecule has 2 aromatic rings. The van der Waals surface area contributed by atoms with E-state index in [1.54, 1.807) is 10.9 Å². The lowest BCUT2D eigenvalue weighted by atomic mass is 9.77. The van der Waals surface area contributed by atoms with Crippen molar-refractivity contribution in [3.63, 3.8) is 0 Å². The standard InChI is InChI=1S/C24H27ClF2N6OS/c1-16-17(14-33(30-16)22-19(4-3-8-29-22)31(2)11-7-28)13-32-9-5-23(6-10-32)21-18(12-20(25)35-21)24(26,27)15-34-23/h3-4,8,12,14,18,21H,5-6,9-11,13,15H2,1-2H3. The average Bonchev–Trinajstić information content (AvgIpc) is 3.42. The number of nitrogens with zero attached hydrogens (tertiary/aromatic N) is 6. The summed E-state index contributed by atoms with van der Waals surface area (Å²) in [6.45, 7) is 3.87. The van der Waals surface area contributed by atoms with Crippen molar-refractivity contribution >= 4 is 29.1 Å². The number of likely N-dealkylation sites (tertiary alicyclic amines) is 1. The van der Waals surface area contributed by atoms with Gasteiger partial charge in [-0.3, -0.25) is 4.90 Å². The van der Waals surface area contributed by atoms with Crippen molar-refractivity contribution in [1.29, 1.82) is 5.26 Å². The predicted molar refractivity (Wildman–Crippen MR) is 132 cm³/mol. The number of allylic oxidation sites excluding steroid dienone is 1. The first-order valence-electron chi connectivity index (χ1n) is 11.6. The summed E-state index contributed by atoms with van der Waals surface area (Å²) in [6.07, 6.45) is 6.58. The van der Waals surface area contributed by atoms with Gasteiger partial charge in [0.15, 0.2) is 5.82 Å². The molecule has 5 heterocycles. The number of rotatable bonds is 5. The molecule has 0 radical (unpaired) electrons. The molecule has 0 N–H and O–H groups in total. The van der Waals surface area contributed by atoms with Crippen molar-refractivity contribution in [3.05, 3.63) is 46.2 Å². The number of piperidine rings is 1. The lowest BCUT2D eigenvalue weighted by Crippen LogP contribution is -2.61. The Bertz CT molecular complexity index is 1170. The Hall–Kier alpha value is -2.19. The highest BCUT2D eigenvalue weighted by Crippen LogP contribution is 2.56. The van der Waals surface area contributed by atoms with Gasteiger partial charge in [-0.2, -0.15) is 10.4 Å². The lowest BCUT2D eigenvalue weighted by molar-refractivity contribution is -0.215. The van der Waals surface area contributed by atoms with Crippen molar-refractivity contribution in [2.45, 2.75) is 43.1 Å². The molecule has 0 aromatic carbocycles. The monoisotopic (exact) mass is 520 g/mol. The molecule has 2 atom stereocenters. The molecular formula is C24H27ClF2N6OS. The van der Waals surface area contributed by atoms with Crippen molar-refractivity contribution in [3.8, 4) is 11.9 Å². The zero-order chi connectivity index (χ0) is 24.8. The van der Waals surface area contributed by atoms with E-state index in [4.69, 9.17) is 21.6 Å². The van der Waals surface area contributed by atoms with Crippen LogP contribution in [0.15, 0.2) is 35.0 Å². The summed E-state index contributed by atoms with van der Waals surface area (Å²) in [6, 6.07) is 5.92. The molecule has 0 amide bonds. The van der Waals surface area contributed by atoms with Crippen LogP contribution in [0.25, 0.3) is 5.82 Å². The molecule has 3 aliphatic rings. The minimum Gasteiger partial charge on any atom is -0.367 e. The maximum Gasteiger partial charge on any atom is 0.278 e. The van der Waals surface area contributed by atoms with Gasteiger partial charge in [0.05, 0.1) is 38.6 Å². The summed E-state index contributed by atoms with van der Waals surface area (Å²) in [4.78, 5) is 8.66. The third-order valence-electron chi connectivity index (χ3n) is 7.23. The van der Waals surface area contributed by atoms with Gasteiger partial charge in [0.2, 0.25) is 0 Å². The van der Waals surface area contributed by atoms with Crippen LogP contribution in [0, 0.1) is 24.2 Å². The van der Waals surface area contributed by atoms with Crippen molar-refractivity contribution in [2.75, 3.05) is 38.2 Å². The van der Waals surface area contributed by atoms with Gasteiger partial charge in [0, 0.05) is 44.6 Å². The van der Waals surface area contributed by atoms with Gasteiger partial charge in [-0.25, -0.2) is 18.4 Å². The number of halogens is 3. The fourth-order valence-electron chi connectivity index (χ4n) is 5.23. The Morgan fingerprint density at radius 2 is 2.14 bits per heavy atom. The summed E-state index contributed by atoms with van der Waals surface area (Å²) in [7, 11) is 1.85. The van der Waals surface area contributed by atoms with Crippen LogP contribution in [0.5, 0.6) is 0 Å². The molecule has 11 heteroatoms. The first-order valence-corrected chi connectivity index (χ1v) is 12.8. The Labute approximate surface area is 212 Å². The van der Waals surface area contributed by atoms with Crippen LogP contribution in [-0.2, 0) is 11.3 Å². The van der Waals surface area contributed by atoms with Crippen LogP contribution in [0.2, 0.25) is 0 Å². The largest absolute Gasteiger partial charge is 0.367 e. The second kappa shape index (κ2) is 9.36. The Balaban J connectivity index is 1.28. The van der Waals surface area contributed by atoms with Crippen LogP contribution in [0.4, 0.5) is 14.5 Å². The van der Waals surface area contributed by atoms with Gasteiger partial charge in [0.1, 0.15) is 13.2 Å². The highest BCUT2D eigenvalue weighted by molar-refractivity contribution is 8.05. The molecular weight excluding hydrogens is 494 g/mol. The molecule has 0 saturated carbocycles. The van der Waals surface area contributed by atoms with E-state index in [-0.39, 0.29) is 11.8 Å². The van der Waals surface area contributed by atoms with Gasteiger partial charge in [0.25, 0.3) is 5.92 Å². The topological polar surface area (TPSA) is 70.2 Å². The van der Waals surface area contributed by atoms with Gasteiger partial charge < -0.3 is 9.64 Å². The van der Waals surface area contributed by atoms with Crippen molar-refractivity contribution in [2.24, 2.45) is 5.92 Å². The van der Waals surface area contributed by atoms with Crippen LogP contribution < -0.4 is 4.90 Å². The summed E-state index contributed by atoms with van der Waals surface area (Å²) in [5.74, 6) is -3.08. The first kappa shape index (κ1) is 24.5. The van der Waals surface area contributed by atoms with E-state index in [0.29, 0.717) is 29.6 Å². The average molecular weight is 521 g/mol. The minimum atomic E-state index is -2.88. The fraction of sp³-hybridized carbons (Fsp3) is 0.542. The third kappa shape index (κ3) is 4.55. The molecule has 2 fully saturated rings. The van der Waals surface area contributed by atoms with Crippen LogP contribution in [-0.4, -0.2) is 69.7 Å². The smallest absolute Gasteiger partial charge is 0.278 e. The molecule has 35 heavy (non-hydrogen) atoms. The summed E-state index contributed by atoms with van der Waals surface area (Å²) >= 11 is 7.49. The SMILES string of the molecule is Cc1nn(-c2ncccc2N(C)CC#N)cc1CN1CCC2(CC1)OCC(F)(F)C1C=C(Cl)SC12. The van der Waals surface area contributed by atoms with E-state index >= 15 is 0 Å². The molecule has 3 aliphatic heterocycles. The number of thioether (sulfide) groups is 1. The quantitative estimate of drug-likeness (QED) is 0.543. The van der Waals surface area contributed by atoms with E-state index in [9.17, 15) is 8.78 Å². The second-order valence-corrected chi connectivity index (χ2v) is 11.3. The lowest BCUT2D eigenvalue weighted by Gasteiger charge is -2.51. The highest BCUT2D eigenvalue weighted by Gasteiger charge is 2.60. The third-order valence-corrected chi connectivity index (χ3v) is 8.96. The van der Waals surface area contributed by atoms with E-state index in [2.05, 4.69) is 21.1 Å². The Kier molecular flexibility index (Phi) is 6.55. The number of hydrogen-bond donors (Lipinski definition) is 0. The van der Waals surface area contributed by atoms with Crippen molar-refractivity contribution < 1.29 is 13.5 Å². The van der Waals surface area contributed by atoms with Crippen molar-refractivity contribution in [1.82, 2.24) is 19.7 Å². The number of nitriles is 1. The Morgan fingerprint density at radius 3 is 2.89 bits per heavy atom. The van der Waals surface area contributed by atoms with Gasteiger partial charge in [-0.05, 0) is 38.0 Å². The molecule has 1 spiro atoms. The minimum absolute atomic E-state index is 0.246. The van der Waals surface area contributed by atoms with E-state index < -0.39 is 24.0 Å². The predicted octanol–water partition coefficient (Wildman–Crippen LogP) is 4.35. The zero-order valence-corrected chi connectivity index (χ0v) is 21.2. The molecule has 2 unspecified atom stereocenters. The fourth-order valence-corrected chi connectivity index (χ4v) is 7.07. The summed E-state index contributed by atoms with van der Waals surface area (Å²) in [5.41, 5.74) is 2.23. The molecule has 7 nitrogen and oxygen atoms in total. The molecule has 5 rings (SSSR count). The zero-order valence-electron chi connectivity index (χ0n) is 19.6. The second-order valence-electron chi connectivity index (χ2n) is 9.47. The van der Waals surface area contributed by atoms with E-state index in [1.165, 1.54) is 17.8 Å². The molecule has 2 saturated heterocycles. The summed E-state index contributed by atoms with van der Waals surface area (Å²) in [5, 5.41) is 13.4. The normalized spacial score (nSPS) is 25.2. The number of ether oxygens (including phenoxy) is 1. The Morgan fingerprint density at radius 1 is 1.37 bits per heavy atom. The van der Waals surface area contributed by atoms with E-state index in [1.807, 2.05) is 37.2 Å². The maximum atomic E-state index is 14.5. The molecule has 186 valence electrons. The number of pyridine rings is 1. The number of anilines is 1. The van der Waals surface area contributed by atoms with Crippen LogP contribution >= 0.6 is 23.4 Å². The number of hydrogen-bond acceptors (Lipinski definition) is 7. The van der Waals surface area contributed by atoms with Gasteiger partial charge >= 0.3 is 0 Å². The molecule has 2 aromatic heterocycles. The van der Waals surface area contributed by atoms with Crippen LogP contribution in [0.1, 0.15) is 24.1 Å². The summed E-state index contributed by atoms with van der Waals surface area (Å²) < 4.78 is 37.0. The maximum absolute atomic E-state index is 14.5. The first-order chi connectivity index (χ1) is 16.7. The number of alkyl halides is 2.